The lowest BCUT2D eigenvalue weighted by atomic mass is 9.78. The van der Waals surface area contributed by atoms with Gasteiger partial charge in [-0.2, -0.15) is 0 Å². The number of carbonyl (C=O) groups excluding carboxylic acids is 3. The summed E-state index contributed by atoms with van der Waals surface area (Å²) in [5.41, 5.74) is 4.17. The van der Waals surface area contributed by atoms with Gasteiger partial charge in [0.25, 0.3) is 5.91 Å². The highest BCUT2D eigenvalue weighted by molar-refractivity contribution is 5.94. The predicted octanol–water partition coefficient (Wildman–Crippen LogP) is 6.48. The van der Waals surface area contributed by atoms with Crippen LogP contribution in [0.1, 0.15) is 100.0 Å². The fraction of sp³-hybridized carbons (Fsp3) is 0.541. The van der Waals surface area contributed by atoms with E-state index in [1.54, 1.807) is 19.6 Å². The van der Waals surface area contributed by atoms with Gasteiger partial charge in [0, 0.05) is 43.1 Å². The number of pyridine rings is 1. The molecule has 10 heteroatoms. The molecule has 3 aromatic rings. The van der Waals surface area contributed by atoms with Gasteiger partial charge >= 0.3 is 5.97 Å². The van der Waals surface area contributed by atoms with Crippen LogP contribution in [0.5, 0.6) is 5.75 Å². The fourth-order valence-corrected chi connectivity index (χ4v) is 7.19. The summed E-state index contributed by atoms with van der Waals surface area (Å²) in [4.78, 5) is 48.9. The van der Waals surface area contributed by atoms with E-state index < -0.39 is 5.97 Å². The van der Waals surface area contributed by atoms with Gasteiger partial charge in [-0.1, -0.05) is 12.1 Å². The monoisotopic (exact) mass is 642 g/mol. The number of rotatable bonds is 11. The van der Waals surface area contributed by atoms with Crippen LogP contribution in [0, 0.1) is 18.8 Å². The van der Waals surface area contributed by atoms with E-state index >= 15 is 0 Å². The number of nitrogens with one attached hydrogen (secondary N) is 1. The maximum absolute atomic E-state index is 14.3. The van der Waals surface area contributed by atoms with Crippen LogP contribution in [0.3, 0.4) is 0 Å². The zero-order chi connectivity index (χ0) is 32.9. The van der Waals surface area contributed by atoms with Crippen molar-refractivity contribution in [1.29, 1.82) is 0 Å². The molecular weight excluding hydrogens is 596 g/mol. The molecule has 2 aromatic heterocycles. The van der Waals surface area contributed by atoms with Crippen molar-refractivity contribution < 1.29 is 28.3 Å². The minimum Gasteiger partial charge on any atom is -0.496 e. The number of oxazole rings is 1. The maximum Gasteiger partial charge on any atom is 0.303 e. The summed E-state index contributed by atoms with van der Waals surface area (Å²) in [6, 6.07) is 10.4. The number of aromatic nitrogens is 2. The Morgan fingerprint density at radius 1 is 0.957 bits per heavy atom. The molecule has 1 N–H and O–H groups in total. The first-order valence-corrected chi connectivity index (χ1v) is 17.1. The van der Waals surface area contributed by atoms with Gasteiger partial charge in [-0.25, -0.2) is 9.97 Å². The summed E-state index contributed by atoms with van der Waals surface area (Å²) in [6.45, 7) is 3.71. The third kappa shape index (κ3) is 8.21. The topological polar surface area (TPSA) is 124 Å². The highest BCUT2D eigenvalue weighted by Gasteiger charge is 2.34. The minimum atomic E-state index is -0.483. The van der Waals surface area contributed by atoms with Crippen molar-refractivity contribution in [2.75, 3.05) is 25.2 Å². The number of methoxy groups -OCH3 is 1. The number of benzene rings is 1. The Labute approximate surface area is 276 Å². The molecule has 6 rings (SSSR count). The average molecular weight is 643 g/mol. The lowest BCUT2D eigenvalue weighted by Gasteiger charge is -2.36. The number of aryl methyl sites for hydroxylation is 1. The molecule has 2 amide bonds. The van der Waals surface area contributed by atoms with E-state index in [4.69, 9.17) is 23.9 Å². The zero-order valence-corrected chi connectivity index (χ0v) is 27.7. The second-order valence-corrected chi connectivity index (χ2v) is 13.5. The van der Waals surface area contributed by atoms with Gasteiger partial charge < -0.3 is 19.2 Å². The lowest BCUT2D eigenvalue weighted by Crippen LogP contribution is -2.45. The largest absolute Gasteiger partial charge is 0.496 e. The molecule has 47 heavy (non-hydrogen) atoms. The van der Waals surface area contributed by atoms with Gasteiger partial charge in [0.2, 0.25) is 5.91 Å². The molecule has 0 radical (unpaired) electrons. The smallest absolute Gasteiger partial charge is 0.303 e. The zero-order valence-electron chi connectivity index (χ0n) is 27.7. The SMILES string of the molecule is COc1ccc(C2CCC(CN(C(=O)C3CCC(NC(=O)COC(C)=O)CC3)c3cc(-c4coc(C5CC5)n4)ccn3)CC2)cc1C. The summed E-state index contributed by atoms with van der Waals surface area (Å²) in [5.74, 6) is 2.77. The molecule has 0 bridgehead atoms. The van der Waals surface area contributed by atoms with E-state index in [2.05, 4.69) is 30.4 Å². The van der Waals surface area contributed by atoms with E-state index in [9.17, 15) is 14.4 Å². The molecule has 1 aromatic carbocycles. The Morgan fingerprint density at radius 2 is 1.70 bits per heavy atom. The highest BCUT2D eigenvalue weighted by Crippen LogP contribution is 2.41. The minimum absolute atomic E-state index is 0.0401. The third-order valence-corrected chi connectivity index (χ3v) is 10.1. The Bertz CT molecular complexity index is 1570. The van der Waals surface area contributed by atoms with Gasteiger partial charge in [-0.15, -0.1) is 0 Å². The second kappa shape index (κ2) is 14.7. The van der Waals surface area contributed by atoms with E-state index in [0.29, 0.717) is 55.8 Å². The molecule has 0 atom stereocenters. The van der Waals surface area contributed by atoms with Crippen molar-refractivity contribution in [2.45, 2.75) is 95.9 Å². The number of esters is 1. The van der Waals surface area contributed by atoms with Gasteiger partial charge in [0.05, 0.1) is 7.11 Å². The fourth-order valence-electron chi connectivity index (χ4n) is 7.19. The number of ether oxygens (including phenoxy) is 2. The van der Waals surface area contributed by atoms with Crippen molar-refractivity contribution in [3.05, 3.63) is 59.8 Å². The second-order valence-electron chi connectivity index (χ2n) is 13.5. The van der Waals surface area contributed by atoms with Crippen LogP contribution in [0.4, 0.5) is 5.82 Å². The first-order chi connectivity index (χ1) is 22.8. The Kier molecular flexibility index (Phi) is 10.2. The highest BCUT2D eigenvalue weighted by atomic mass is 16.5. The number of hydrogen-bond acceptors (Lipinski definition) is 8. The van der Waals surface area contributed by atoms with Crippen LogP contribution in [-0.4, -0.2) is 54.1 Å². The molecule has 0 unspecified atom stereocenters. The van der Waals surface area contributed by atoms with Crippen LogP contribution in [-0.2, 0) is 19.1 Å². The molecule has 0 saturated heterocycles. The van der Waals surface area contributed by atoms with Gasteiger partial charge in [0.15, 0.2) is 12.5 Å². The maximum atomic E-state index is 14.3. The standard InChI is InChI=1S/C37H46N4O6/c1-23-18-29(12-15-33(23)45-3)26-6-4-25(5-7-26)20-41(34-19-30(16-17-38-34)32-21-47-36(40-32)27-8-9-27)37(44)28-10-13-31(14-11-28)39-35(43)22-46-24(2)42/h12,15-19,21,25-28,31H,4-11,13-14,20,22H2,1-3H3,(H,39,43). The average Bonchev–Trinajstić information content (AvgIpc) is 3.82. The molecule has 3 fully saturated rings. The normalized spacial score (nSPS) is 22.7. The molecule has 2 heterocycles. The molecular formula is C37H46N4O6. The summed E-state index contributed by atoms with van der Waals surface area (Å²) in [7, 11) is 1.71. The van der Waals surface area contributed by atoms with Crippen molar-refractivity contribution in [3.63, 3.8) is 0 Å². The molecule has 0 spiro atoms. The summed E-state index contributed by atoms with van der Waals surface area (Å²) in [6.07, 6.45) is 12.6. The Morgan fingerprint density at radius 3 is 2.38 bits per heavy atom. The Balaban J connectivity index is 1.14. The van der Waals surface area contributed by atoms with Crippen molar-refractivity contribution >= 4 is 23.6 Å². The van der Waals surface area contributed by atoms with Crippen LogP contribution in [0.2, 0.25) is 0 Å². The summed E-state index contributed by atoms with van der Waals surface area (Å²) >= 11 is 0. The molecule has 0 aliphatic heterocycles. The van der Waals surface area contributed by atoms with Gasteiger partial charge in [-0.3, -0.25) is 19.3 Å². The first-order valence-electron chi connectivity index (χ1n) is 17.1. The van der Waals surface area contributed by atoms with E-state index in [1.807, 2.05) is 17.0 Å². The quantitative estimate of drug-likeness (QED) is 0.236. The van der Waals surface area contributed by atoms with Gasteiger partial charge in [-0.05, 0) is 112 Å². The molecule has 250 valence electrons. The number of hydrogen-bond donors (Lipinski definition) is 1. The Hall–Kier alpha value is -4.21. The third-order valence-electron chi connectivity index (χ3n) is 10.1. The van der Waals surface area contributed by atoms with Crippen LogP contribution in [0.25, 0.3) is 11.3 Å². The van der Waals surface area contributed by atoms with Crippen LogP contribution >= 0.6 is 0 Å². The number of nitrogens with zero attached hydrogens (tertiary/aromatic N) is 3. The molecule has 3 saturated carbocycles. The van der Waals surface area contributed by atoms with Crippen LogP contribution < -0.4 is 15.0 Å². The molecule has 10 nitrogen and oxygen atoms in total. The van der Waals surface area contributed by atoms with Crippen molar-refractivity contribution in [1.82, 2.24) is 15.3 Å². The number of anilines is 1. The summed E-state index contributed by atoms with van der Waals surface area (Å²) < 4.78 is 16.1. The van der Waals surface area contributed by atoms with Crippen molar-refractivity contribution in [3.8, 4) is 17.0 Å². The van der Waals surface area contributed by atoms with Crippen molar-refractivity contribution in [2.24, 2.45) is 11.8 Å². The van der Waals surface area contributed by atoms with Crippen LogP contribution in [0.15, 0.2) is 47.2 Å². The molecule has 3 aliphatic rings. The lowest BCUT2D eigenvalue weighted by molar-refractivity contribution is -0.146. The van der Waals surface area contributed by atoms with E-state index in [-0.39, 0.29) is 30.4 Å². The number of carbonyl (C=O) groups is 3. The number of amides is 2. The van der Waals surface area contributed by atoms with E-state index in [1.165, 1.54) is 12.5 Å². The van der Waals surface area contributed by atoms with Gasteiger partial charge in [0.1, 0.15) is 23.5 Å². The molecule has 3 aliphatic carbocycles. The first kappa shape index (κ1) is 32.7. The predicted molar refractivity (Wildman–Crippen MR) is 177 cm³/mol. The van der Waals surface area contributed by atoms with E-state index in [0.717, 1.165) is 67.0 Å². The summed E-state index contributed by atoms with van der Waals surface area (Å²) in [5, 5.41) is 2.95.